The van der Waals surface area contributed by atoms with Gasteiger partial charge in [-0.3, -0.25) is 9.59 Å². The highest BCUT2D eigenvalue weighted by atomic mass is 32.1. The first kappa shape index (κ1) is 19.9. The zero-order chi connectivity index (χ0) is 21.6. The molecule has 6 nitrogen and oxygen atoms in total. The molecule has 2 aromatic rings. The molecule has 2 saturated carbocycles. The van der Waals surface area contributed by atoms with Crippen LogP contribution in [0.15, 0.2) is 36.4 Å². The quantitative estimate of drug-likeness (QED) is 0.279. The number of nitrogens with zero attached hydrogens (tertiary/aromatic N) is 1. The molecule has 0 atom stereocenters. The van der Waals surface area contributed by atoms with Gasteiger partial charge in [0.15, 0.2) is 18.0 Å². The number of carbonyl (C=O) groups excluding carboxylic acids is 2. The van der Waals surface area contributed by atoms with E-state index in [0.717, 1.165) is 29.7 Å². The number of benzene rings is 2. The summed E-state index contributed by atoms with van der Waals surface area (Å²) in [5, 5.41) is 8.58. The lowest BCUT2D eigenvalue weighted by Gasteiger charge is -2.22. The molecular formula is C24H24N3O3S+. The van der Waals surface area contributed by atoms with Gasteiger partial charge in [0.2, 0.25) is 6.29 Å². The van der Waals surface area contributed by atoms with Crippen molar-refractivity contribution < 1.29 is 14.3 Å². The van der Waals surface area contributed by atoms with E-state index < -0.39 is 5.91 Å². The summed E-state index contributed by atoms with van der Waals surface area (Å²) < 4.78 is 8.06. The molecule has 0 saturated heterocycles. The largest absolute Gasteiger partial charge is 0.490 e. The fraction of sp³-hybridized carbons (Fsp3) is 0.333. The minimum atomic E-state index is -0.641. The zero-order valence-electron chi connectivity index (χ0n) is 17.3. The molecule has 2 fully saturated rings. The second kappa shape index (κ2) is 7.57. The summed E-state index contributed by atoms with van der Waals surface area (Å²) in [5.41, 5.74) is 2.71. The third kappa shape index (κ3) is 3.63. The number of aldehydes is 1. The molecule has 0 bridgehead atoms. The van der Waals surface area contributed by atoms with Crippen LogP contribution in [0.1, 0.15) is 42.4 Å². The van der Waals surface area contributed by atoms with E-state index in [2.05, 4.69) is 33.5 Å². The van der Waals surface area contributed by atoms with Gasteiger partial charge in [0, 0.05) is 24.9 Å². The number of ether oxygens (including phenoxy) is 1. The van der Waals surface area contributed by atoms with Gasteiger partial charge in [0.1, 0.15) is 10.2 Å². The van der Waals surface area contributed by atoms with Gasteiger partial charge >= 0.3 is 0 Å². The van der Waals surface area contributed by atoms with Crippen molar-refractivity contribution in [2.24, 2.45) is 0 Å². The van der Waals surface area contributed by atoms with Crippen molar-refractivity contribution >= 4 is 35.6 Å². The highest BCUT2D eigenvalue weighted by molar-refractivity contribution is 7.80. The minimum Gasteiger partial charge on any atom is -0.490 e. The topological polar surface area (TPSA) is 70.4 Å². The average molecular weight is 435 g/mol. The average Bonchev–Trinajstić information content (AvgIpc) is 3.69. The Kier molecular flexibility index (Phi) is 4.85. The first-order valence-electron chi connectivity index (χ1n) is 10.5. The molecule has 1 aliphatic heterocycles. The van der Waals surface area contributed by atoms with Crippen molar-refractivity contribution in [3.8, 4) is 5.75 Å². The zero-order valence-corrected chi connectivity index (χ0v) is 18.1. The number of thiocarbonyl (C=S) groups is 1. The number of hydrogen-bond acceptors (Lipinski definition) is 4. The summed E-state index contributed by atoms with van der Waals surface area (Å²) in [6, 6.07) is 12.7. The SMILES string of the molecule is COc1cc(C2(NC(=S)c3ccccc3CNC(=O)C=O)CC2)cc2c1=[N+](C1CC1)C=2. The molecule has 2 aromatic carbocycles. The third-order valence-electron chi connectivity index (χ3n) is 6.28. The van der Waals surface area contributed by atoms with Gasteiger partial charge in [0.25, 0.3) is 11.3 Å². The lowest BCUT2D eigenvalue weighted by atomic mass is 10.00. The van der Waals surface area contributed by atoms with E-state index in [-0.39, 0.29) is 18.4 Å². The number of amides is 1. The number of fused-ring (bicyclic) bond motifs is 1. The normalized spacial score (nSPS) is 17.5. The number of methoxy groups -OCH3 is 1. The molecule has 7 heteroatoms. The van der Waals surface area contributed by atoms with Crippen LogP contribution in [-0.4, -0.2) is 30.3 Å². The molecule has 2 aliphatic carbocycles. The second-order valence-corrected chi connectivity index (χ2v) is 8.82. The van der Waals surface area contributed by atoms with E-state index >= 15 is 0 Å². The highest BCUT2D eigenvalue weighted by Gasteiger charge is 2.46. The van der Waals surface area contributed by atoms with Crippen molar-refractivity contribution in [2.75, 3.05) is 7.11 Å². The molecule has 0 radical (unpaired) electrons. The number of nitrogens with one attached hydrogen (secondary N) is 2. The maximum Gasteiger partial charge on any atom is 0.284 e. The Labute approximate surface area is 185 Å². The summed E-state index contributed by atoms with van der Waals surface area (Å²) in [4.78, 5) is 22.6. The van der Waals surface area contributed by atoms with Crippen LogP contribution in [0.25, 0.3) is 6.20 Å². The molecule has 0 aromatic heterocycles. The third-order valence-corrected chi connectivity index (χ3v) is 6.60. The Hall–Kier alpha value is -3.06. The molecule has 2 N–H and O–H groups in total. The molecule has 3 aliphatic rings. The molecular weight excluding hydrogens is 410 g/mol. The summed E-state index contributed by atoms with van der Waals surface area (Å²) in [6.45, 7) is 0.251. The van der Waals surface area contributed by atoms with E-state index in [1.807, 2.05) is 24.3 Å². The molecule has 0 spiro atoms. The van der Waals surface area contributed by atoms with Crippen molar-refractivity contribution in [2.45, 2.75) is 43.8 Å². The van der Waals surface area contributed by atoms with Gasteiger partial charge in [0.05, 0.1) is 12.6 Å². The van der Waals surface area contributed by atoms with Crippen molar-refractivity contribution in [1.29, 1.82) is 0 Å². The second-order valence-electron chi connectivity index (χ2n) is 8.41. The van der Waals surface area contributed by atoms with Gasteiger partial charge in [-0.2, -0.15) is 4.58 Å². The molecule has 158 valence electrons. The lowest BCUT2D eigenvalue weighted by molar-refractivity contribution is -0.131. The standard InChI is InChI=1S/C24H23N3O3S/c1-30-20-11-17(10-16-13-27(22(16)20)18-6-7-18)24(8-9-24)26-23(31)19-5-3-2-4-15(19)12-25-21(29)14-28/h2-5,10-11,13-14,18H,6-9,12H2,1H3,(H-,25,26,29,31)/p+1. The Balaban J connectivity index is 1.40. The van der Waals surface area contributed by atoms with E-state index in [4.69, 9.17) is 17.0 Å². The summed E-state index contributed by atoms with van der Waals surface area (Å²) in [7, 11) is 1.73. The summed E-state index contributed by atoms with van der Waals surface area (Å²) >= 11 is 5.76. The van der Waals surface area contributed by atoms with Crippen LogP contribution in [0, 0.1) is 0 Å². The Bertz CT molecular complexity index is 1230. The van der Waals surface area contributed by atoms with Crippen molar-refractivity contribution in [1.82, 2.24) is 15.2 Å². The maximum absolute atomic E-state index is 11.3. The molecule has 1 heterocycles. The van der Waals surface area contributed by atoms with E-state index in [0.29, 0.717) is 11.0 Å². The highest BCUT2D eigenvalue weighted by Crippen LogP contribution is 2.46. The van der Waals surface area contributed by atoms with Crippen LogP contribution in [-0.2, 0) is 21.7 Å². The van der Waals surface area contributed by atoms with Gasteiger partial charge in [-0.15, -0.1) is 0 Å². The first-order chi connectivity index (χ1) is 15.0. The van der Waals surface area contributed by atoms with Crippen LogP contribution >= 0.6 is 12.2 Å². The fourth-order valence-electron chi connectivity index (χ4n) is 4.24. The number of rotatable bonds is 8. The maximum atomic E-state index is 11.3. The smallest absolute Gasteiger partial charge is 0.284 e. The van der Waals surface area contributed by atoms with Crippen molar-refractivity contribution in [3.05, 3.63) is 63.7 Å². The van der Waals surface area contributed by atoms with E-state index in [1.165, 1.54) is 29.0 Å². The molecule has 5 rings (SSSR count). The fourth-order valence-corrected chi connectivity index (χ4v) is 4.63. The van der Waals surface area contributed by atoms with Crippen molar-refractivity contribution in [3.63, 3.8) is 0 Å². The predicted molar refractivity (Wildman–Crippen MR) is 121 cm³/mol. The van der Waals surface area contributed by atoms with E-state index in [9.17, 15) is 9.59 Å². The summed E-state index contributed by atoms with van der Waals surface area (Å²) in [6.07, 6.45) is 6.97. The van der Waals surface area contributed by atoms with Crippen LogP contribution in [0.3, 0.4) is 0 Å². The van der Waals surface area contributed by atoms with Crippen LogP contribution in [0.4, 0.5) is 0 Å². The van der Waals surface area contributed by atoms with Crippen LogP contribution in [0.2, 0.25) is 0 Å². The molecule has 31 heavy (non-hydrogen) atoms. The van der Waals surface area contributed by atoms with Gasteiger partial charge < -0.3 is 15.4 Å². The Morgan fingerprint density at radius 2 is 2.06 bits per heavy atom. The monoisotopic (exact) mass is 434 g/mol. The summed E-state index contributed by atoms with van der Waals surface area (Å²) in [5.74, 6) is 0.274. The number of carbonyl (C=O) groups is 2. The number of hydrogen-bond donors (Lipinski definition) is 2. The molecule has 1 amide bonds. The van der Waals surface area contributed by atoms with Crippen LogP contribution < -0.4 is 30.5 Å². The first-order valence-corrected chi connectivity index (χ1v) is 10.9. The van der Waals surface area contributed by atoms with Gasteiger partial charge in [-0.1, -0.05) is 36.5 Å². The van der Waals surface area contributed by atoms with E-state index in [1.54, 1.807) is 7.11 Å². The Morgan fingerprint density at radius 3 is 2.74 bits per heavy atom. The lowest BCUT2D eigenvalue weighted by Crippen LogP contribution is -2.49. The van der Waals surface area contributed by atoms with Gasteiger partial charge in [-0.25, -0.2) is 0 Å². The van der Waals surface area contributed by atoms with Crippen LogP contribution in [0.5, 0.6) is 5.75 Å². The Morgan fingerprint density at radius 1 is 1.29 bits per heavy atom. The van der Waals surface area contributed by atoms with Gasteiger partial charge in [-0.05, 0) is 36.1 Å². The minimum absolute atomic E-state index is 0.202. The predicted octanol–water partition coefficient (Wildman–Crippen LogP) is 0.870. The molecule has 0 unspecified atom stereocenters.